The molecule has 1 N–H and O–H groups in total. The molecule has 0 aliphatic heterocycles. The van der Waals surface area contributed by atoms with E-state index >= 15 is 0 Å². The Kier molecular flexibility index (Phi) is 4.12. The minimum atomic E-state index is -3.53. The van der Waals surface area contributed by atoms with Crippen molar-refractivity contribution in [3.05, 3.63) is 5.89 Å². The van der Waals surface area contributed by atoms with Crippen LogP contribution in [0, 0.1) is 11.8 Å². The smallest absolute Gasteiger partial charge is 0.335 e. The minimum Gasteiger partial charge on any atom is -0.410 e. The fraction of sp³-hybridized carbons (Fsp3) is 0.750. The first kappa shape index (κ1) is 15.0. The Hall–Kier alpha value is -1.44. The van der Waals surface area contributed by atoms with E-state index in [2.05, 4.69) is 15.5 Å². The Balaban J connectivity index is 2.16. The van der Waals surface area contributed by atoms with Gasteiger partial charge in [-0.1, -0.05) is 18.9 Å². The summed E-state index contributed by atoms with van der Waals surface area (Å²) in [6.45, 7) is 4.01. The van der Waals surface area contributed by atoms with Crippen LogP contribution in [0.25, 0.3) is 0 Å². The van der Waals surface area contributed by atoms with Gasteiger partial charge in [0.25, 0.3) is 0 Å². The average molecular weight is 301 g/mol. The van der Waals surface area contributed by atoms with Crippen LogP contribution in [0.4, 0.5) is 0 Å². The molecule has 0 saturated heterocycles. The molecule has 0 bridgehead atoms. The van der Waals surface area contributed by atoms with E-state index in [0.29, 0.717) is 12.3 Å². The highest BCUT2D eigenvalue weighted by atomic mass is 32.2. The maximum absolute atomic E-state index is 11.9. The molecule has 8 heteroatoms. The molecule has 1 amide bonds. The average Bonchev–Trinajstić information content (AvgIpc) is 3.03. The van der Waals surface area contributed by atoms with Gasteiger partial charge >= 0.3 is 5.22 Å². The molecule has 1 aliphatic carbocycles. The molecule has 2 rings (SSSR count). The maximum Gasteiger partial charge on any atom is 0.335 e. The highest BCUT2D eigenvalue weighted by molar-refractivity contribution is 7.90. The number of nitrogens with one attached hydrogen (secondary N) is 1. The number of carbonyl (C=O) groups excluding carboxylic acids is 1. The molecular weight excluding hydrogens is 282 g/mol. The zero-order valence-corrected chi connectivity index (χ0v) is 12.6. The maximum atomic E-state index is 11.9. The molecule has 7 nitrogen and oxygen atoms in total. The van der Waals surface area contributed by atoms with Gasteiger partial charge < -0.3 is 9.73 Å². The number of hydrogen-bond acceptors (Lipinski definition) is 6. The van der Waals surface area contributed by atoms with Gasteiger partial charge in [-0.3, -0.25) is 4.79 Å². The number of amides is 1. The van der Waals surface area contributed by atoms with Crippen LogP contribution >= 0.6 is 0 Å². The van der Waals surface area contributed by atoms with Crippen molar-refractivity contribution in [1.29, 1.82) is 0 Å². The van der Waals surface area contributed by atoms with Crippen molar-refractivity contribution in [2.75, 3.05) is 6.26 Å². The minimum absolute atomic E-state index is 0.0326. The summed E-state index contributed by atoms with van der Waals surface area (Å²) < 4.78 is 27.9. The standard InChI is InChI=1S/C12H19N3O4S/c1-7(2)6-9(13-10(16)8-4-5-8)11-14-15-12(19-11)20(3,17)18/h7-9H,4-6H2,1-3H3,(H,13,16)/t9-/m0/s1. The number of hydrogen-bond donors (Lipinski definition) is 1. The van der Waals surface area contributed by atoms with E-state index in [1.165, 1.54) is 0 Å². The summed E-state index contributed by atoms with van der Waals surface area (Å²) in [6, 6.07) is -0.439. The summed E-state index contributed by atoms with van der Waals surface area (Å²) in [6.07, 6.45) is 3.42. The van der Waals surface area contributed by atoms with E-state index in [1.54, 1.807) is 0 Å². The summed E-state index contributed by atoms with van der Waals surface area (Å²) in [5.41, 5.74) is 0. The molecule has 1 aliphatic rings. The van der Waals surface area contributed by atoms with E-state index in [4.69, 9.17) is 4.42 Å². The van der Waals surface area contributed by atoms with Crippen LogP contribution in [0.15, 0.2) is 9.64 Å². The lowest BCUT2D eigenvalue weighted by Crippen LogP contribution is -2.30. The predicted molar refractivity (Wildman–Crippen MR) is 70.5 cm³/mol. The molecule has 0 aromatic carbocycles. The van der Waals surface area contributed by atoms with Gasteiger partial charge in [0.2, 0.25) is 21.6 Å². The van der Waals surface area contributed by atoms with Gasteiger partial charge in [0.05, 0.1) is 0 Å². The second-order valence-corrected chi connectivity index (χ2v) is 7.54. The number of aromatic nitrogens is 2. The fourth-order valence-electron chi connectivity index (χ4n) is 1.84. The van der Waals surface area contributed by atoms with Gasteiger partial charge in [-0.15, -0.1) is 5.10 Å². The Morgan fingerprint density at radius 3 is 2.50 bits per heavy atom. The van der Waals surface area contributed by atoms with Crippen molar-refractivity contribution >= 4 is 15.7 Å². The van der Waals surface area contributed by atoms with Crippen LogP contribution in [0.1, 0.15) is 45.0 Å². The summed E-state index contributed by atoms with van der Waals surface area (Å²) in [5, 5.41) is 9.73. The summed E-state index contributed by atoms with van der Waals surface area (Å²) in [7, 11) is -3.53. The molecule has 1 atom stereocenters. The van der Waals surface area contributed by atoms with Gasteiger partial charge in [-0.05, 0) is 25.2 Å². The highest BCUT2D eigenvalue weighted by Gasteiger charge is 2.33. The molecule has 20 heavy (non-hydrogen) atoms. The number of carbonyl (C=O) groups is 1. The lowest BCUT2D eigenvalue weighted by atomic mass is 10.0. The quantitative estimate of drug-likeness (QED) is 0.843. The largest absolute Gasteiger partial charge is 0.410 e. The molecule has 0 spiro atoms. The third-order valence-corrected chi connectivity index (χ3v) is 3.81. The van der Waals surface area contributed by atoms with Gasteiger partial charge in [0.1, 0.15) is 6.04 Å². The van der Waals surface area contributed by atoms with Crippen LogP contribution in [0.5, 0.6) is 0 Å². The van der Waals surface area contributed by atoms with E-state index in [-0.39, 0.29) is 17.7 Å². The van der Waals surface area contributed by atoms with Crippen LogP contribution in [-0.2, 0) is 14.6 Å². The van der Waals surface area contributed by atoms with E-state index in [0.717, 1.165) is 19.1 Å². The predicted octanol–water partition coefficient (Wildman–Crippen LogP) is 1.09. The Bertz CT molecular complexity index is 590. The highest BCUT2D eigenvalue weighted by Crippen LogP contribution is 2.30. The first-order valence-corrected chi connectivity index (χ1v) is 8.50. The fourth-order valence-corrected chi connectivity index (χ4v) is 2.26. The number of sulfone groups is 1. The molecule has 1 aromatic heterocycles. The van der Waals surface area contributed by atoms with Crippen LogP contribution < -0.4 is 5.32 Å². The van der Waals surface area contributed by atoms with Crippen molar-refractivity contribution in [2.45, 2.75) is 44.4 Å². The summed E-state index contributed by atoms with van der Waals surface area (Å²) >= 11 is 0. The Morgan fingerprint density at radius 1 is 1.40 bits per heavy atom. The van der Waals surface area contributed by atoms with Crippen molar-refractivity contribution in [1.82, 2.24) is 15.5 Å². The topological polar surface area (TPSA) is 102 Å². The second kappa shape index (κ2) is 5.51. The van der Waals surface area contributed by atoms with Crippen molar-refractivity contribution < 1.29 is 17.6 Å². The summed E-state index contributed by atoms with van der Waals surface area (Å²) in [5.74, 6) is 0.484. The lowest BCUT2D eigenvalue weighted by Gasteiger charge is -2.16. The van der Waals surface area contributed by atoms with Crippen LogP contribution in [0.2, 0.25) is 0 Å². The van der Waals surface area contributed by atoms with E-state index < -0.39 is 21.1 Å². The molecule has 0 unspecified atom stereocenters. The third kappa shape index (κ3) is 3.78. The SMILES string of the molecule is CC(C)C[C@H](NC(=O)C1CC1)c1nnc(S(C)(=O)=O)o1. The summed E-state index contributed by atoms with van der Waals surface area (Å²) in [4.78, 5) is 11.9. The van der Waals surface area contributed by atoms with Gasteiger partial charge in [0, 0.05) is 12.2 Å². The zero-order chi connectivity index (χ0) is 14.9. The molecule has 1 aromatic rings. The Labute approximate surface area is 118 Å². The second-order valence-electron chi connectivity index (χ2n) is 5.64. The van der Waals surface area contributed by atoms with Crippen LogP contribution in [0.3, 0.4) is 0 Å². The number of rotatable bonds is 6. The van der Waals surface area contributed by atoms with Crippen molar-refractivity contribution in [3.63, 3.8) is 0 Å². The first-order valence-electron chi connectivity index (χ1n) is 6.61. The molecule has 1 saturated carbocycles. The monoisotopic (exact) mass is 301 g/mol. The zero-order valence-electron chi connectivity index (χ0n) is 11.8. The molecular formula is C12H19N3O4S. The normalized spacial score (nSPS) is 17.2. The third-order valence-electron chi connectivity index (χ3n) is 3.01. The molecule has 112 valence electrons. The lowest BCUT2D eigenvalue weighted by molar-refractivity contribution is -0.123. The Morgan fingerprint density at radius 2 is 2.05 bits per heavy atom. The number of nitrogens with zero attached hydrogens (tertiary/aromatic N) is 2. The van der Waals surface area contributed by atoms with Gasteiger partial charge in [-0.25, -0.2) is 8.42 Å². The van der Waals surface area contributed by atoms with Crippen LogP contribution in [-0.4, -0.2) is 30.8 Å². The van der Waals surface area contributed by atoms with Gasteiger partial charge in [0.15, 0.2) is 0 Å². The molecule has 1 heterocycles. The first-order chi connectivity index (χ1) is 9.27. The van der Waals surface area contributed by atoms with Crippen molar-refractivity contribution in [3.8, 4) is 0 Å². The van der Waals surface area contributed by atoms with E-state index in [9.17, 15) is 13.2 Å². The van der Waals surface area contributed by atoms with Crippen molar-refractivity contribution in [2.24, 2.45) is 11.8 Å². The molecule has 0 radical (unpaired) electrons. The van der Waals surface area contributed by atoms with E-state index in [1.807, 2.05) is 13.8 Å². The van der Waals surface area contributed by atoms with Gasteiger partial charge in [-0.2, -0.15) is 0 Å². The molecule has 1 fully saturated rings.